The first kappa shape index (κ1) is 22.2. The van der Waals surface area contributed by atoms with Crippen molar-refractivity contribution >= 4 is 30.7 Å². The number of hydrogen-bond donors (Lipinski definition) is 2. The molecule has 0 radical (unpaired) electrons. The summed E-state index contributed by atoms with van der Waals surface area (Å²) < 4.78 is 0. The average Bonchev–Trinajstić information content (AvgIpc) is 3.30. The highest BCUT2D eigenvalue weighted by Gasteiger charge is 2.20. The molecule has 1 aliphatic rings. The van der Waals surface area contributed by atoms with Crippen molar-refractivity contribution in [2.75, 3.05) is 26.7 Å². The van der Waals surface area contributed by atoms with Crippen molar-refractivity contribution < 1.29 is 4.79 Å². The third-order valence-electron chi connectivity index (χ3n) is 4.04. The molecule has 0 aromatic heterocycles. The molecule has 132 valence electrons. The summed E-state index contributed by atoms with van der Waals surface area (Å²) in [5.41, 5.74) is 1.30. The van der Waals surface area contributed by atoms with Crippen molar-refractivity contribution in [1.29, 1.82) is 0 Å². The van der Waals surface area contributed by atoms with Crippen molar-refractivity contribution in [3.8, 4) is 0 Å². The highest BCUT2D eigenvalue weighted by atomic mass is 35.5. The second-order valence-electron chi connectivity index (χ2n) is 6.13. The van der Waals surface area contributed by atoms with Gasteiger partial charge in [-0.15, -0.1) is 24.8 Å². The molecule has 0 heterocycles. The second kappa shape index (κ2) is 11.7. The van der Waals surface area contributed by atoms with E-state index >= 15 is 0 Å². The Kier molecular flexibility index (Phi) is 11.3. The summed E-state index contributed by atoms with van der Waals surface area (Å²) >= 11 is 0. The topological polar surface area (TPSA) is 44.4 Å². The second-order valence-corrected chi connectivity index (χ2v) is 6.13. The lowest BCUT2D eigenvalue weighted by Gasteiger charge is -2.25. The van der Waals surface area contributed by atoms with Crippen LogP contribution < -0.4 is 10.6 Å². The van der Waals surface area contributed by atoms with Gasteiger partial charge in [-0.3, -0.25) is 9.69 Å². The molecule has 0 spiro atoms. The molecule has 1 fully saturated rings. The van der Waals surface area contributed by atoms with Crippen LogP contribution in [0.3, 0.4) is 0 Å². The maximum absolute atomic E-state index is 11.7. The fourth-order valence-electron chi connectivity index (χ4n) is 2.22. The van der Waals surface area contributed by atoms with Crippen LogP contribution in [0, 0.1) is 5.92 Å². The number of likely N-dealkylation sites (N-methyl/N-ethyl adjacent to an activating group) is 1. The first-order valence-electron chi connectivity index (χ1n) is 7.86. The van der Waals surface area contributed by atoms with Gasteiger partial charge >= 0.3 is 0 Å². The number of carbonyl (C=O) groups is 1. The minimum absolute atomic E-state index is 0. The van der Waals surface area contributed by atoms with Crippen molar-refractivity contribution in [3.05, 3.63) is 35.9 Å². The van der Waals surface area contributed by atoms with Gasteiger partial charge in [0, 0.05) is 19.1 Å². The van der Waals surface area contributed by atoms with Gasteiger partial charge in [0.1, 0.15) is 0 Å². The maximum Gasteiger partial charge on any atom is 0.234 e. The largest absolute Gasteiger partial charge is 0.353 e. The lowest BCUT2D eigenvalue weighted by atomic mass is 10.2. The smallest absolute Gasteiger partial charge is 0.234 e. The highest BCUT2D eigenvalue weighted by Crippen LogP contribution is 2.27. The van der Waals surface area contributed by atoms with Gasteiger partial charge in [0.25, 0.3) is 0 Å². The predicted octanol–water partition coefficient (Wildman–Crippen LogP) is 2.47. The van der Waals surface area contributed by atoms with Crippen molar-refractivity contribution in [2.24, 2.45) is 5.92 Å². The minimum Gasteiger partial charge on any atom is -0.353 e. The summed E-state index contributed by atoms with van der Waals surface area (Å²) in [7, 11) is 2.09. The van der Waals surface area contributed by atoms with E-state index in [9.17, 15) is 4.79 Å². The Labute approximate surface area is 152 Å². The monoisotopic (exact) mass is 361 g/mol. The fraction of sp³-hybridized carbons (Fsp3) is 0.588. The van der Waals surface area contributed by atoms with E-state index in [0.29, 0.717) is 19.1 Å². The van der Waals surface area contributed by atoms with E-state index in [2.05, 4.69) is 53.8 Å². The number of nitrogens with one attached hydrogen (secondary N) is 2. The van der Waals surface area contributed by atoms with E-state index in [1.54, 1.807) is 0 Å². The molecule has 0 aliphatic heterocycles. The van der Waals surface area contributed by atoms with Crippen LogP contribution in [-0.2, 0) is 11.3 Å². The molecule has 1 unspecified atom stereocenters. The first-order valence-corrected chi connectivity index (χ1v) is 7.86. The normalized spacial score (nSPS) is 14.6. The van der Waals surface area contributed by atoms with Crippen LogP contribution >= 0.6 is 24.8 Å². The summed E-state index contributed by atoms with van der Waals surface area (Å²) in [4.78, 5) is 14.0. The zero-order chi connectivity index (χ0) is 15.1. The van der Waals surface area contributed by atoms with Crippen LogP contribution in [-0.4, -0.2) is 43.5 Å². The van der Waals surface area contributed by atoms with Gasteiger partial charge < -0.3 is 10.6 Å². The fourth-order valence-corrected chi connectivity index (χ4v) is 2.22. The molecule has 1 aliphatic carbocycles. The molecule has 0 saturated heterocycles. The molecule has 1 atom stereocenters. The Morgan fingerprint density at radius 1 is 1.26 bits per heavy atom. The van der Waals surface area contributed by atoms with Gasteiger partial charge in [0.05, 0.1) is 6.54 Å². The first-order chi connectivity index (χ1) is 10.1. The van der Waals surface area contributed by atoms with Gasteiger partial charge in [0.15, 0.2) is 0 Å². The number of carbonyl (C=O) groups excluding carboxylic acids is 1. The number of rotatable bonds is 9. The molecular weight excluding hydrogens is 333 g/mol. The van der Waals surface area contributed by atoms with E-state index < -0.39 is 0 Å². The Morgan fingerprint density at radius 2 is 1.91 bits per heavy atom. The molecular formula is C17H29Cl2N3O. The Bertz CT molecular complexity index is 441. The van der Waals surface area contributed by atoms with Crippen molar-refractivity contribution in [2.45, 2.75) is 32.4 Å². The third kappa shape index (κ3) is 9.16. The lowest BCUT2D eigenvalue weighted by Crippen LogP contribution is -2.42. The highest BCUT2D eigenvalue weighted by molar-refractivity contribution is 5.85. The molecule has 6 heteroatoms. The minimum atomic E-state index is 0. The van der Waals surface area contributed by atoms with Gasteiger partial charge in [-0.2, -0.15) is 0 Å². The van der Waals surface area contributed by atoms with Crippen molar-refractivity contribution in [1.82, 2.24) is 15.5 Å². The predicted molar refractivity (Wildman–Crippen MR) is 100 cm³/mol. The molecule has 2 N–H and O–H groups in total. The Hall–Kier alpha value is -0.810. The summed E-state index contributed by atoms with van der Waals surface area (Å²) in [6.45, 7) is 5.15. The van der Waals surface area contributed by atoms with Crippen LogP contribution in [0.5, 0.6) is 0 Å². The van der Waals surface area contributed by atoms with E-state index in [1.807, 2.05) is 6.07 Å². The van der Waals surface area contributed by atoms with Crippen LogP contribution in [0.2, 0.25) is 0 Å². The molecule has 1 saturated carbocycles. The lowest BCUT2D eigenvalue weighted by molar-refractivity contribution is -0.120. The van der Waals surface area contributed by atoms with E-state index in [4.69, 9.17) is 0 Å². The zero-order valence-corrected chi connectivity index (χ0v) is 15.6. The molecule has 1 amide bonds. The van der Waals surface area contributed by atoms with Gasteiger partial charge in [-0.25, -0.2) is 0 Å². The number of halogens is 2. The standard InChI is InChI=1S/C17H27N3O.2ClH/c1-14(20(2)13-16-6-4-3-5-7-16)10-19-17(21)12-18-11-15-8-9-15;;/h3-7,14-15,18H,8-13H2,1-2H3,(H,19,21);2*1H. The summed E-state index contributed by atoms with van der Waals surface area (Å²) in [6, 6.07) is 10.7. The summed E-state index contributed by atoms with van der Waals surface area (Å²) in [5.74, 6) is 0.907. The molecule has 2 rings (SSSR count). The molecule has 4 nitrogen and oxygen atoms in total. The maximum atomic E-state index is 11.7. The van der Waals surface area contributed by atoms with Crippen LogP contribution in [0.25, 0.3) is 0 Å². The van der Waals surface area contributed by atoms with Gasteiger partial charge in [-0.1, -0.05) is 30.3 Å². The molecule has 0 bridgehead atoms. The number of nitrogens with zero attached hydrogens (tertiary/aromatic N) is 1. The zero-order valence-electron chi connectivity index (χ0n) is 14.0. The number of hydrogen-bond acceptors (Lipinski definition) is 3. The molecule has 1 aromatic rings. The van der Waals surface area contributed by atoms with E-state index in [1.165, 1.54) is 18.4 Å². The number of benzene rings is 1. The van der Waals surface area contributed by atoms with Crippen LogP contribution in [0.15, 0.2) is 30.3 Å². The summed E-state index contributed by atoms with van der Waals surface area (Å²) in [5, 5.41) is 6.21. The van der Waals surface area contributed by atoms with E-state index in [0.717, 1.165) is 19.0 Å². The van der Waals surface area contributed by atoms with Crippen LogP contribution in [0.1, 0.15) is 25.3 Å². The van der Waals surface area contributed by atoms with Crippen molar-refractivity contribution in [3.63, 3.8) is 0 Å². The van der Waals surface area contributed by atoms with E-state index in [-0.39, 0.29) is 30.7 Å². The molecule has 23 heavy (non-hydrogen) atoms. The molecule has 1 aromatic carbocycles. The average molecular weight is 362 g/mol. The Balaban J connectivity index is 0.00000242. The van der Waals surface area contributed by atoms with Crippen LogP contribution in [0.4, 0.5) is 0 Å². The summed E-state index contributed by atoms with van der Waals surface area (Å²) in [6.07, 6.45) is 2.63. The van der Waals surface area contributed by atoms with Gasteiger partial charge in [-0.05, 0) is 44.8 Å². The Morgan fingerprint density at radius 3 is 2.52 bits per heavy atom. The van der Waals surface area contributed by atoms with Gasteiger partial charge in [0.2, 0.25) is 5.91 Å². The quantitative estimate of drug-likeness (QED) is 0.709. The SMILES string of the molecule is CC(CNC(=O)CNCC1CC1)N(C)Cc1ccccc1.Cl.Cl. The number of amides is 1. The third-order valence-corrected chi connectivity index (χ3v) is 4.04.